The highest BCUT2D eigenvalue weighted by Gasteiger charge is 2.38. The van der Waals surface area contributed by atoms with E-state index in [1.807, 2.05) is 12.1 Å². The monoisotopic (exact) mass is 275 g/mol. The largest absolute Gasteiger partial charge is 0.310 e. The number of nitro groups is 1. The minimum Gasteiger partial charge on any atom is -0.310 e. The van der Waals surface area contributed by atoms with Crippen LogP contribution in [0.25, 0.3) is 0 Å². The van der Waals surface area contributed by atoms with Crippen LogP contribution < -0.4 is 5.32 Å². The molecule has 0 aliphatic carbocycles. The molecule has 2 bridgehead atoms. The number of nitrogens with zero attached hydrogens (tertiary/aromatic N) is 2. The Kier molecular flexibility index (Phi) is 3.72. The second kappa shape index (κ2) is 5.50. The number of rotatable bonds is 4. The van der Waals surface area contributed by atoms with Crippen LogP contribution in [0.4, 0.5) is 5.69 Å². The SMILES string of the molecule is CN1C2CCC1CC(NCc1ccccc1[N+](=O)[O-])C2. The summed E-state index contributed by atoms with van der Waals surface area (Å²) >= 11 is 0. The zero-order valence-electron chi connectivity index (χ0n) is 11.8. The molecule has 2 fully saturated rings. The van der Waals surface area contributed by atoms with E-state index in [4.69, 9.17) is 0 Å². The molecule has 5 nitrogen and oxygen atoms in total. The Labute approximate surface area is 119 Å². The first kappa shape index (κ1) is 13.5. The summed E-state index contributed by atoms with van der Waals surface area (Å²) in [5, 5.41) is 14.5. The van der Waals surface area contributed by atoms with Crippen LogP contribution in [-0.4, -0.2) is 35.0 Å². The molecule has 0 radical (unpaired) electrons. The molecule has 1 N–H and O–H groups in total. The molecule has 5 heteroatoms. The Morgan fingerprint density at radius 3 is 2.60 bits per heavy atom. The van der Waals surface area contributed by atoms with Crippen LogP contribution in [-0.2, 0) is 6.54 Å². The Morgan fingerprint density at radius 2 is 1.95 bits per heavy atom. The van der Waals surface area contributed by atoms with Gasteiger partial charge in [-0.1, -0.05) is 18.2 Å². The number of nitro benzene ring substituents is 1. The standard InChI is InChI=1S/C15H21N3O2/c1-17-13-6-7-14(17)9-12(8-13)16-10-11-4-2-3-5-15(11)18(19)20/h2-5,12-14,16H,6-10H2,1H3. The number of nitrogens with one attached hydrogen (secondary N) is 1. The second-order valence-electron chi connectivity index (χ2n) is 5.99. The van der Waals surface area contributed by atoms with Gasteiger partial charge in [-0.2, -0.15) is 0 Å². The average Bonchev–Trinajstić information content (AvgIpc) is 2.66. The second-order valence-corrected chi connectivity index (χ2v) is 5.99. The zero-order valence-corrected chi connectivity index (χ0v) is 11.8. The lowest BCUT2D eigenvalue weighted by molar-refractivity contribution is -0.385. The van der Waals surface area contributed by atoms with Crippen molar-refractivity contribution in [2.24, 2.45) is 0 Å². The van der Waals surface area contributed by atoms with Crippen molar-refractivity contribution in [3.63, 3.8) is 0 Å². The molecule has 2 aliphatic rings. The first-order chi connectivity index (χ1) is 9.65. The van der Waals surface area contributed by atoms with Gasteiger partial charge in [0.1, 0.15) is 0 Å². The van der Waals surface area contributed by atoms with E-state index in [0.717, 1.165) is 18.4 Å². The Balaban J connectivity index is 1.62. The van der Waals surface area contributed by atoms with E-state index in [0.29, 0.717) is 24.7 Å². The molecule has 2 unspecified atom stereocenters. The quantitative estimate of drug-likeness (QED) is 0.676. The maximum absolute atomic E-state index is 11.0. The van der Waals surface area contributed by atoms with Crippen molar-refractivity contribution in [3.8, 4) is 0 Å². The highest BCUT2D eigenvalue weighted by atomic mass is 16.6. The summed E-state index contributed by atoms with van der Waals surface area (Å²) in [5.41, 5.74) is 1.000. The summed E-state index contributed by atoms with van der Waals surface area (Å²) in [6, 6.07) is 8.88. The predicted octanol–water partition coefficient (Wildman–Crippen LogP) is 2.31. The van der Waals surface area contributed by atoms with E-state index in [9.17, 15) is 10.1 Å². The van der Waals surface area contributed by atoms with Gasteiger partial charge < -0.3 is 10.2 Å². The topological polar surface area (TPSA) is 58.4 Å². The molecule has 2 heterocycles. The Bertz CT molecular complexity index is 492. The van der Waals surface area contributed by atoms with Crippen LogP contribution in [0, 0.1) is 10.1 Å². The molecule has 108 valence electrons. The van der Waals surface area contributed by atoms with E-state index in [1.165, 1.54) is 12.8 Å². The van der Waals surface area contributed by atoms with Gasteiger partial charge in [-0.15, -0.1) is 0 Å². The maximum atomic E-state index is 11.0. The third-order valence-corrected chi connectivity index (χ3v) is 4.87. The van der Waals surface area contributed by atoms with Crippen molar-refractivity contribution in [1.82, 2.24) is 10.2 Å². The fourth-order valence-corrected chi connectivity index (χ4v) is 3.67. The highest BCUT2D eigenvalue weighted by Crippen LogP contribution is 2.34. The van der Waals surface area contributed by atoms with E-state index >= 15 is 0 Å². The molecule has 1 aromatic rings. The van der Waals surface area contributed by atoms with Gasteiger partial charge in [-0.3, -0.25) is 10.1 Å². The molecule has 2 atom stereocenters. The van der Waals surface area contributed by atoms with Crippen LogP contribution in [0.2, 0.25) is 0 Å². The molecule has 3 rings (SSSR count). The molecule has 2 aliphatic heterocycles. The first-order valence-corrected chi connectivity index (χ1v) is 7.32. The predicted molar refractivity (Wildman–Crippen MR) is 77.5 cm³/mol. The van der Waals surface area contributed by atoms with Crippen molar-refractivity contribution in [2.75, 3.05) is 7.05 Å². The third-order valence-electron chi connectivity index (χ3n) is 4.87. The number of fused-ring (bicyclic) bond motifs is 2. The van der Waals surface area contributed by atoms with Gasteiger partial charge in [-0.25, -0.2) is 0 Å². The number of piperidine rings is 1. The van der Waals surface area contributed by atoms with Crippen molar-refractivity contribution in [1.29, 1.82) is 0 Å². The van der Waals surface area contributed by atoms with E-state index in [-0.39, 0.29) is 10.6 Å². The van der Waals surface area contributed by atoms with Gasteiger partial charge in [0.15, 0.2) is 0 Å². The molecule has 0 amide bonds. The van der Waals surface area contributed by atoms with E-state index < -0.39 is 0 Å². The number of hydrogen-bond acceptors (Lipinski definition) is 4. The molecule has 1 aromatic carbocycles. The third kappa shape index (κ3) is 2.55. The molecular weight excluding hydrogens is 254 g/mol. The summed E-state index contributed by atoms with van der Waals surface area (Å²) in [7, 11) is 2.22. The summed E-state index contributed by atoms with van der Waals surface area (Å²) in [6.45, 7) is 0.588. The number of para-hydroxylation sites is 1. The summed E-state index contributed by atoms with van der Waals surface area (Å²) in [4.78, 5) is 13.2. The number of hydrogen-bond donors (Lipinski definition) is 1. The van der Waals surface area contributed by atoms with Crippen LogP contribution >= 0.6 is 0 Å². The van der Waals surface area contributed by atoms with E-state index in [1.54, 1.807) is 12.1 Å². The zero-order chi connectivity index (χ0) is 14.1. The van der Waals surface area contributed by atoms with Crippen molar-refractivity contribution in [3.05, 3.63) is 39.9 Å². The lowest BCUT2D eigenvalue weighted by atomic mass is 9.97. The Morgan fingerprint density at radius 1 is 1.30 bits per heavy atom. The number of benzene rings is 1. The molecule has 20 heavy (non-hydrogen) atoms. The van der Waals surface area contributed by atoms with Gasteiger partial charge in [0.2, 0.25) is 0 Å². The first-order valence-electron chi connectivity index (χ1n) is 7.32. The lowest BCUT2D eigenvalue weighted by Gasteiger charge is -2.36. The average molecular weight is 275 g/mol. The van der Waals surface area contributed by atoms with Crippen molar-refractivity contribution >= 4 is 5.69 Å². The van der Waals surface area contributed by atoms with Crippen LogP contribution in [0.5, 0.6) is 0 Å². The summed E-state index contributed by atoms with van der Waals surface area (Å²) in [5.74, 6) is 0. The smallest absolute Gasteiger partial charge is 0.273 e. The van der Waals surface area contributed by atoms with Crippen LogP contribution in [0.3, 0.4) is 0 Å². The summed E-state index contributed by atoms with van der Waals surface area (Å²) in [6.07, 6.45) is 4.91. The minimum atomic E-state index is -0.296. The fraction of sp³-hybridized carbons (Fsp3) is 0.600. The van der Waals surface area contributed by atoms with Crippen LogP contribution in [0.15, 0.2) is 24.3 Å². The van der Waals surface area contributed by atoms with Gasteiger partial charge in [-0.05, 0) is 32.7 Å². The maximum Gasteiger partial charge on any atom is 0.273 e. The molecule has 2 saturated heterocycles. The molecular formula is C15H21N3O2. The van der Waals surface area contributed by atoms with E-state index in [2.05, 4.69) is 17.3 Å². The lowest BCUT2D eigenvalue weighted by Crippen LogP contribution is -2.47. The van der Waals surface area contributed by atoms with Crippen molar-refractivity contribution in [2.45, 2.75) is 50.4 Å². The van der Waals surface area contributed by atoms with Gasteiger partial charge in [0.25, 0.3) is 5.69 Å². The molecule has 0 saturated carbocycles. The van der Waals surface area contributed by atoms with Gasteiger partial charge >= 0.3 is 0 Å². The van der Waals surface area contributed by atoms with Crippen molar-refractivity contribution < 1.29 is 4.92 Å². The molecule has 0 spiro atoms. The molecule has 0 aromatic heterocycles. The highest BCUT2D eigenvalue weighted by molar-refractivity contribution is 5.39. The van der Waals surface area contributed by atoms with Crippen LogP contribution in [0.1, 0.15) is 31.2 Å². The van der Waals surface area contributed by atoms with Gasteiger partial charge in [0.05, 0.1) is 4.92 Å². The normalized spacial score (nSPS) is 29.6. The van der Waals surface area contributed by atoms with Gasteiger partial charge in [0, 0.05) is 36.3 Å². The minimum absolute atomic E-state index is 0.218. The summed E-state index contributed by atoms with van der Waals surface area (Å²) < 4.78 is 0. The fourth-order valence-electron chi connectivity index (χ4n) is 3.67. The Hall–Kier alpha value is -1.46.